The van der Waals surface area contributed by atoms with Gasteiger partial charge in [-0.3, -0.25) is 4.98 Å². The third-order valence-corrected chi connectivity index (χ3v) is 3.72. The molecule has 0 aliphatic heterocycles. The van der Waals surface area contributed by atoms with Crippen LogP contribution in [0.3, 0.4) is 0 Å². The van der Waals surface area contributed by atoms with Gasteiger partial charge in [-0.1, -0.05) is 54.6 Å². The van der Waals surface area contributed by atoms with Crippen molar-refractivity contribution in [2.75, 3.05) is 13.1 Å². The first-order chi connectivity index (χ1) is 10.4. The Morgan fingerprint density at radius 1 is 0.762 bits per heavy atom. The second kappa shape index (κ2) is 7.00. The molecule has 0 bridgehead atoms. The van der Waals surface area contributed by atoms with Crippen molar-refractivity contribution in [2.24, 2.45) is 0 Å². The maximum absolute atomic E-state index is 4.50. The van der Waals surface area contributed by atoms with Crippen LogP contribution in [0.4, 0.5) is 0 Å². The normalized spacial score (nSPS) is 10.9. The summed E-state index contributed by atoms with van der Waals surface area (Å²) in [4.78, 5) is 4.50. The molecule has 2 aromatic carbocycles. The van der Waals surface area contributed by atoms with Gasteiger partial charge in [0.25, 0.3) is 0 Å². The standard InChI is InChI=1S/C19H20N2/c1-2-6-16(7-3-1)11-14-20-15-12-18-9-4-8-17-10-5-13-21-19(17)18/h1-10,13,20H,11-12,14-15H2. The van der Waals surface area contributed by atoms with E-state index < -0.39 is 0 Å². The molecule has 21 heavy (non-hydrogen) atoms. The number of nitrogens with one attached hydrogen (secondary N) is 1. The fourth-order valence-electron chi connectivity index (χ4n) is 2.59. The van der Waals surface area contributed by atoms with Crippen molar-refractivity contribution >= 4 is 10.9 Å². The van der Waals surface area contributed by atoms with Crippen LogP contribution in [0.15, 0.2) is 66.9 Å². The zero-order chi connectivity index (χ0) is 14.3. The molecule has 3 aromatic rings. The molecule has 0 amide bonds. The topological polar surface area (TPSA) is 24.9 Å². The molecule has 1 N–H and O–H groups in total. The minimum atomic E-state index is 0.989. The Morgan fingerprint density at radius 2 is 1.57 bits per heavy atom. The summed E-state index contributed by atoms with van der Waals surface area (Å²) in [5.41, 5.74) is 3.84. The first kappa shape index (κ1) is 13.8. The van der Waals surface area contributed by atoms with Gasteiger partial charge >= 0.3 is 0 Å². The van der Waals surface area contributed by atoms with Crippen LogP contribution in [0, 0.1) is 0 Å². The fourth-order valence-corrected chi connectivity index (χ4v) is 2.59. The molecule has 1 heterocycles. The van der Waals surface area contributed by atoms with Crippen LogP contribution < -0.4 is 5.32 Å². The third-order valence-electron chi connectivity index (χ3n) is 3.72. The molecule has 0 aliphatic rings. The summed E-state index contributed by atoms with van der Waals surface area (Å²) in [6.07, 6.45) is 3.96. The number of hydrogen-bond donors (Lipinski definition) is 1. The Bertz CT molecular complexity index is 687. The van der Waals surface area contributed by atoms with Gasteiger partial charge in [0.15, 0.2) is 0 Å². The SMILES string of the molecule is c1ccc(CCNCCc2cccc3cccnc23)cc1. The Hall–Kier alpha value is -2.19. The largest absolute Gasteiger partial charge is 0.316 e. The first-order valence-electron chi connectivity index (χ1n) is 7.51. The Kier molecular flexibility index (Phi) is 4.59. The van der Waals surface area contributed by atoms with Gasteiger partial charge < -0.3 is 5.32 Å². The lowest BCUT2D eigenvalue weighted by Gasteiger charge is -2.07. The van der Waals surface area contributed by atoms with E-state index >= 15 is 0 Å². The summed E-state index contributed by atoms with van der Waals surface area (Å²) in [7, 11) is 0. The van der Waals surface area contributed by atoms with E-state index in [2.05, 4.69) is 64.9 Å². The third kappa shape index (κ3) is 3.67. The smallest absolute Gasteiger partial charge is 0.0734 e. The van der Waals surface area contributed by atoms with Gasteiger partial charge in [0.2, 0.25) is 0 Å². The number of para-hydroxylation sites is 1. The molecule has 0 aliphatic carbocycles. The van der Waals surface area contributed by atoms with Gasteiger partial charge in [-0.25, -0.2) is 0 Å². The van der Waals surface area contributed by atoms with Crippen molar-refractivity contribution in [1.82, 2.24) is 10.3 Å². The lowest BCUT2D eigenvalue weighted by molar-refractivity contribution is 0.683. The van der Waals surface area contributed by atoms with E-state index in [1.54, 1.807) is 0 Å². The predicted molar refractivity (Wildman–Crippen MR) is 88.5 cm³/mol. The number of benzene rings is 2. The highest BCUT2D eigenvalue weighted by atomic mass is 14.8. The van der Waals surface area contributed by atoms with E-state index in [9.17, 15) is 0 Å². The van der Waals surface area contributed by atoms with Crippen LogP contribution in [-0.4, -0.2) is 18.1 Å². The number of pyridine rings is 1. The van der Waals surface area contributed by atoms with Crippen molar-refractivity contribution in [3.63, 3.8) is 0 Å². The van der Waals surface area contributed by atoms with Crippen LogP contribution >= 0.6 is 0 Å². The Morgan fingerprint density at radius 3 is 2.48 bits per heavy atom. The molecule has 0 fully saturated rings. The van der Waals surface area contributed by atoms with E-state index in [-0.39, 0.29) is 0 Å². The molecule has 3 rings (SSSR count). The molecule has 0 spiro atoms. The van der Waals surface area contributed by atoms with Crippen molar-refractivity contribution in [3.8, 4) is 0 Å². The van der Waals surface area contributed by atoms with Gasteiger partial charge in [-0.2, -0.15) is 0 Å². The molecular formula is C19H20N2. The van der Waals surface area contributed by atoms with E-state index in [1.807, 2.05) is 12.3 Å². The molecular weight excluding hydrogens is 256 g/mol. The highest BCUT2D eigenvalue weighted by Crippen LogP contribution is 2.15. The lowest BCUT2D eigenvalue weighted by Crippen LogP contribution is -2.20. The first-order valence-corrected chi connectivity index (χ1v) is 7.51. The van der Waals surface area contributed by atoms with Crippen LogP contribution in [0.25, 0.3) is 10.9 Å². The zero-order valence-corrected chi connectivity index (χ0v) is 12.1. The Balaban J connectivity index is 1.51. The zero-order valence-electron chi connectivity index (χ0n) is 12.1. The van der Waals surface area contributed by atoms with Crippen molar-refractivity contribution in [2.45, 2.75) is 12.8 Å². The second-order valence-electron chi connectivity index (χ2n) is 5.23. The van der Waals surface area contributed by atoms with Gasteiger partial charge in [-0.15, -0.1) is 0 Å². The van der Waals surface area contributed by atoms with Gasteiger partial charge in [0.05, 0.1) is 5.52 Å². The number of rotatable bonds is 6. The quantitative estimate of drug-likeness (QED) is 0.696. The van der Waals surface area contributed by atoms with Crippen LogP contribution in [0.5, 0.6) is 0 Å². The summed E-state index contributed by atoms with van der Waals surface area (Å²) in [5.74, 6) is 0. The summed E-state index contributed by atoms with van der Waals surface area (Å²) < 4.78 is 0. The molecule has 2 heteroatoms. The van der Waals surface area contributed by atoms with Crippen LogP contribution in [0.2, 0.25) is 0 Å². The minimum Gasteiger partial charge on any atom is -0.316 e. The molecule has 106 valence electrons. The molecule has 0 unspecified atom stereocenters. The van der Waals surface area contributed by atoms with E-state index in [0.29, 0.717) is 0 Å². The molecule has 0 saturated carbocycles. The highest BCUT2D eigenvalue weighted by Gasteiger charge is 2.01. The maximum atomic E-state index is 4.50. The van der Waals surface area contributed by atoms with Crippen molar-refractivity contribution in [3.05, 3.63) is 78.0 Å². The van der Waals surface area contributed by atoms with Gasteiger partial charge in [-0.05, 0) is 43.1 Å². The summed E-state index contributed by atoms with van der Waals surface area (Å²) in [6.45, 7) is 2.00. The number of aromatic nitrogens is 1. The van der Waals surface area contributed by atoms with Crippen LogP contribution in [0.1, 0.15) is 11.1 Å². The average molecular weight is 276 g/mol. The highest BCUT2D eigenvalue weighted by molar-refractivity contribution is 5.81. The molecule has 1 aromatic heterocycles. The number of hydrogen-bond acceptors (Lipinski definition) is 2. The van der Waals surface area contributed by atoms with Gasteiger partial charge in [0.1, 0.15) is 0 Å². The lowest BCUT2D eigenvalue weighted by atomic mass is 10.1. The number of nitrogens with zero attached hydrogens (tertiary/aromatic N) is 1. The predicted octanol–water partition coefficient (Wildman–Crippen LogP) is 3.61. The van der Waals surface area contributed by atoms with E-state index in [0.717, 1.165) is 31.4 Å². The van der Waals surface area contributed by atoms with Crippen molar-refractivity contribution < 1.29 is 0 Å². The van der Waals surface area contributed by atoms with E-state index in [4.69, 9.17) is 0 Å². The monoisotopic (exact) mass is 276 g/mol. The van der Waals surface area contributed by atoms with Gasteiger partial charge in [0, 0.05) is 11.6 Å². The maximum Gasteiger partial charge on any atom is 0.0734 e. The van der Waals surface area contributed by atoms with Crippen LogP contribution in [-0.2, 0) is 12.8 Å². The van der Waals surface area contributed by atoms with Crippen molar-refractivity contribution in [1.29, 1.82) is 0 Å². The Labute approximate surface area is 125 Å². The molecule has 0 saturated heterocycles. The molecule has 0 atom stereocenters. The number of fused-ring (bicyclic) bond motifs is 1. The summed E-state index contributed by atoms with van der Waals surface area (Å²) in [5, 5.41) is 4.74. The second-order valence-corrected chi connectivity index (χ2v) is 5.23. The minimum absolute atomic E-state index is 0.989. The summed E-state index contributed by atoms with van der Waals surface area (Å²) >= 11 is 0. The molecule has 0 radical (unpaired) electrons. The summed E-state index contributed by atoms with van der Waals surface area (Å²) in [6, 6.07) is 21.1. The van der Waals surface area contributed by atoms with E-state index in [1.165, 1.54) is 16.5 Å². The molecule has 2 nitrogen and oxygen atoms in total. The average Bonchev–Trinajstić information content (AvgIpc) is 2.56. The fraction of sp³-hybridized carbons (Fsp3) is 0.211.